The second-order valence-corrected chi connectivity index (χ2v) is 3.82. The minimum atomic E-state index is 0.672. The first-order valence-corrected chi connectivity index (χ1v) is 5.58. The van der Waals surface area contributed by atoms with E-state index in [1.54, 1.807) is 0 Å². The van der Waals surface area contributed by atoms with Gasteiger partial charge in [0.2, 0.25) is 0 Å². The van der Waals surface area contributed by atoms with Crippen molar-refractivity contribution >= 4 is 17.2 Å². The van der Waals surface area contributed by atoms with E-state index in [0.717, 1.165) is 24.0 Å². The lowest BCUT2D eigenvalue weighted by Gasteiger charge is -1.98. The van der Waals surface area contributed by atoms with Crippen LogP contribution < -0.4 is 0 Å². The topological polar surface area (TPSA) is 0 Å². The standard InChI is InChI=1S/C14H15Cl/c1-12-7-9-14(10-8-12)13(2)6-4-3-5-11-15/h7-10H,2-3,5,11H2,1H3. The van der Waals surface area contributed by atoms with Gasteiger partial charge in [0, 0.05) is 17.9 Å². The summed E-state index contributed by atoms with van der Waals surface area (Å²) in [5, 5.41) is 0. The summed E-state index contributed by atoms with van der Waals surface area (Å²) in [6.45, 7) is 6.01. The summed E-state index contributed by atoms with van der Waals surface area (Å²) in [7, 11) is 0. The maximum Gasteiger partial charge on any atom is 0.0245 e. The van der Waals surface area contributed by atoms with E-state index in [1.165, 1.54) is 5.56 Å². The Kier molecular flexibility index (Phi) is 5.01. The van der Waals surface area contributed by atoms with Gasteiger partial charge in [-0.05, 0) is 18.9 Å². The van der Waals surface area contributed by atoms with Crippen LogP contribution in [0.4, 0.5) is 0 Å². The highest BCUT2D eigenvalue weighted by molar-refractivity contribution is 6.17. The van der Waals surface area contributed by atoms with Crippen LogP contribution in [-0.4, -0.2) is 5.88 Å². The summed E-state index contributed by atoms with van der Waals surface area (Å²) < 4.78 is 0. The molecule has 0 radical (unpaired) electrons. The molecule has 1 heteroatoms. The number of rotatable bonds is 3. The van der Waals surface area contributed by atoms with Crippen molar-refractivity contribution in [3.8, 4) is 11.8 Å². The summed E-state index contributed by atoms with van der Waals surface area (Å²) in [6, 6.07) is 8.24. The van der Waals surface area contributed by atoms with E-state index in [0.29, 0.717) is 5.88 Å². The Morgan fingerprint density at radius 1 is 1.33 bits per heavy atom. The largest absolute Gasteiger partial charge is 0.127 e. The van der Waals surface area contributed by atoms with Crippen LogP contribution in [0.5, 0.6) is 0 Å². The molecule has 0 saturated carbocycles. The molecular weight excluding hydrogens is 204 g/mol. The predicted molar refractivity (Wildman–Crippen MR) is 67.9 cm³/mol. The number of aryl methyl sites for hydroxylation is 1. The monoisotopic (exact) mass is 218 g/mol. The lowest BCUT2D eigenvalue weighted by molar-refractivity contribution is 0.992. The molecule has 0 fully saturated rings. The summed E-state index contributed by atoms with van der Waals surface area (Å²) >= 11 is 5.56. The van der Waals surface area contributed by atoms with E-state index >= 15 is 0 Å². The van der Waals surface area contributed by atoms with Gasteiger partial charge in [-0.15, -0.1) is 11.6 Å². The Morgan fingerprint density at radius 2 is 2.00 bits per heavy atom. The Bertz CT molecular complexity index is 376. The number of halogens is 1. The van der Waals surface area contributed by atoms with Crippen molar-refractivity contribution in [3.63, 3.8) is 0 Å². The minimum absolute atomic E-state index is 0.672. The summed E-state index contributed by atoms with van der Waals surface area (Å²) in [4.78, 5) is 0. The van der Waals surface area contributed by atoms with Crippen LogP contribution in [0.25, 0.3) is 5.57 Å². The molecule has 1 aromatic carbocycles. The zero-order valence-corrected chi connectivity index (χ0v) is 9.77. The molecule has 0 N–H and O–H groups in total. The van der Waals surface area contributed by atoms with E-state index in [1.807, 2.05) is 12.1 Å². The number of hydrogen-bond donors (Lipinski definition) is 0. The number of benzene rings is 1. The van der Waals surface area contributed by atoms with Gasteiger partial charge in [-0.25, -0.2) is 0 Å². The van der Waals surface area contributed by atoms with E-state index < -0.39 is 0 Å². The predicted octanol–water partition coefficient (Wildman–Crippen LogP) is 4.03. The number of allylic oxidation sites excluding steroid dienone is 1. The van der Waals surface area contributed by atoms with Crippen molar-refractivity contribution in [2.24, 2.45) is 0 Å². The number of hydrogen-bond acceptors (Lipinski definition) is 0. The third kappa shape index (κ3) is 4.23. The molecule has 0 nitrogen and oxygen atoms in total. The van der Waals surface area contributed by atoms with Gasteiger partial charge in [0.1, 0.15) is 0 Å². The third-order valence-corrected chi connectivity index (χ3v) is 2.34. The van der Waals surface area contributed by atoms with Crippen LogP contribution in [0.1, 0.15) is 24.0 Å². The molecule has 0 heterocycles. The zero-order valence-electron chi connectivity index (χ0n) is 9.02. The van der Waals surface area contributed by atoms with Crippen LogP contribution in [0.2, 0.25) is 0 Å². The average Bonchev–Trinajstić information content (AvgIpc) is 2.25. The number of unbranched alkanes of at least 4 members (excludes halogenated alkanes) is 1. The first kappa shape index (κ1) is 11.9. The van der Waals surface area contributed by atoms with Crippen molar-refractivity contribution in [1.29, 1.82) is 0 Å². The van der Waals surface area contributed by atoms with Gasteiger partial charge in [-0.3, -0.25) is 0 Å². The van der Waals surface area contributed by atoms with Gasteiger partial charge >= 0.3 is 0 Å². The smallest absolute Gasteiger partial charge is 0.0245 e. The molecule has 1 rings (SSSR count). The SMILES string of the molecule is C=C(C#CCCCCl)c1ccc(C)cc1. The minimum Gasteiger partial charge on any atom is -0.127 e. The fourth-order valence-corrected chi connectivity index (χ4v) is 1.28. The molecule has 15 heavy (non-hydrogen) atoms. The molecule has 0 saturated heterocycles. The molecule has 78 valence electrons. The van der Waals surface area contributed by atoms with Crippen LogP contribution in [0, 0.1) is 18.8 Å². The van der Waals surface area contributed by atoms with E-state index in [9.17, 15) is 0 Å². The molecule has 0 aliphatic rings. The van der Waals surface area contributed by atoms with Gasteiger partial charge in [-0.1, -0.05) is 48.2 Å². The average molecular weight is 219 g/mol. The molecule has 0 aliphatic carbocycles. The Hall–Kier alpha value is -1.19. The highest BCUT2D eigenvalue weighted by Crippen LogP contribution is 2.12. The molecule has 0 unspecified atom stereocenters. The van der Waals surface area contributed by atoms with Crippen molar-refractivity contribution in [1.82, 2.24) is 0 Å². The van der Waals surface area contributed by atoms with Crippen LogP contribution >= 0.6 is 11.6 Å². The lowest BCUT2D eigenvalue weighted by atomic mass is 10.1. The highest BCUT2D eigenvalue weighted by atomic mass is 35.5. The van der Waals surface area contributed by atoms with Crippen molar-refractivity contribution in [2.45, 2.75) is 19.8 Å². The van der Waals surface area contributed by atoms with Crippen LogP contribution in [0.3, 0.4) is 0 Å². The van der Waals surface area contributed by atoms with Gasteiger partial charge < -0.3 is 0 Å². The maximum absolute atomic E-state index is 5.56. The lowest BCUT2D eigenvalue weighted by Crippen LogP contribution is -1.80. The first-order chi connectivity index (χ1) is 7.24. The fraction of sp³-hybridized carbons (Fsp3) is 0.286. The Labute approximate surface area is 97.0 Å². The third-order valence-electron chi connectivity index (χ3n) is 2.07. The molecule has 0 bridgehead atoms. The molecule has 0 aliphatic heterocycles. The second-order valence-electron chi connectivity index (χ2n) is 3.44. The van der Waals surface area contributed by atoms with Crippen molar-refractivity contribution in [2.75, 3.05) is 5.88 Å². The molecule has 0 atom stereocenters. The van der Waals surface area contributed by atoms with Gasteiger partial charge in [0.05, 0.1) is 0 Å². The van der Waals surface area contributed by atoms with E-state index in [-0.39, 0.29) is 0 Å². The first-order valence-electron chi connectivity index (χ1n) is 5.05. The normalized spacial score (nSPS) is 9.20. The summed E-state index contributed by atoms with van der Waals surface area (Å²) in [5.41, 5.74) is 3.23. The summed E-state index contributed by atoms with van der Waals surface area (Å²) in [5.74, 6) is 6.79. The van der Waals surface area contributed by atoms with E-state index in [2.05, 4.69) is 37.5 Å². The van der Waals surface area contributed by atoms with Gasteiger partial charge in [-0.2, -0.15) is 0 Å². The zero-order chi connectivity index (χ0) is 11.1. The van der Waals surface area contributed by atoms with Crippen molar-refractivity contribution < 1.29 is 0 Å². The fourth-order valence-electron chi connectivity index (χ4n) is 1.15. The Morgan fingerprint density at radius 3 is 2.60 bits per heavy atom. The summed E-state index contributed by atoms with van der Waals surface area (Å²) in [6.07, 6.45) is 1.78. The Balaban J connectivity index is 2.60. The van der Waals surface area contributed by atoms with Crippen molar-refractivity contribution in [3.05, 3.63) is 42.0 Å². The molecule has 0 spiro atoms. The quantitative estimate of drug-likeness (QED) is 0.408. The molecular formula is C14H15Cl. The van der Waals surface area contributed by atoms with Gasteiger partial charge in [0.15, 0.2) is 0 Å². The van der Waals surface area contributed by atoms with Gasteiger partial charge in [0.25, 0.3) is 0 Å². The highest BCUT2D eigenvalue weighted by Gasteiger charge is 1.93. The second kappa shape index (κ2) is 6.32. The maximum atomic E-state index is 5.56. The molecule has 0 amide bonds. The number of alkyl halides is 1. The van der Waals surface area contributed by atoms with Crippen LogP contribution in [0.15, 0.2) is 30.8 Å². The molecule has 0 aromatic heterocycles. The van der Waals surface area contributed by atoms with Crippen LogP contribution in [-0.2, 0) is 0 Å². The van der Waals surface area contributed by atoms with E-state index in [4.69, 9.17) is 11.6 Å². The molecule has 1 aromatic rings.